The van der Waals surface area contributed by atoms with Crippen LogP contribution < -0.4 is 10.1 Å². The quantitative estimate of drug-likeness (QED) is 0.697. The monoisotopic (exact) mass is 424 g/mol. The van der Waals surface area contributed by atoms with E-state index in [1.807, 2.05) is 20.8 Å². The van der Waals surface area contributed by atoms with Gasteiger partial charge in [-0.15, -0.1) is 11.3 Å². The fourth-order valence-electron chi connectivity index (χ4n) is 3.17. The molecular weight excluding hydrogens is 396 g/mol. The van der Waals surface area contributed by atoms with Gasteiger partial charge in [0.25, 0.3) is 5.91 Å². The van der Waals surface area contributed by atoms with Crippen LogP contribution in [0.3, 0.4) is 0 Å². The zero-order chi connectivity index (χ0) is 21.1. The van der Waals surface area contributed by atoms with Crippen LogP contribution >= 0.6 is 11.3 Å². The van der Waals surface area contributed by atoms with Crippen molar-refractivity contribution in [1.82, 2.24) is 9.62 Å². The fraction of sp³-hybridized carbons (Fsp3) is 0.450. The molecule has 8 heteroatoms. The second-order valence-corrected chi connectivity index (χ2v) is 9.91. The fourth-order valence-corrected chi connectivity index (χ4v) is 5.68. The van der Waals surface area contributed by atoms with Gasteiger partial charge in [-0.05, 0) is 50.6 Å². The Bertz CT molecular complexity index is 947. The molecule has 1 aromatic heterocycles. The highest BCUT2D eigenvalue weighted by atomic mass is 32.2. The molecule has 1 N–H and O–H groups in total. The Morgan fingerprint density at radius 3 is 2.36 bits per heavy atom. The Labute approximate surface area is 171 Å². The lowest BCUT2D eigenvalue weighted by Crippen LogP contribution is -2.31. The molecule has 0 aliphatic heterocycles. The van der Waals surface area contributed by atoms with Crippen molar-refractivity contribution in [3.63, 3.8) is 0 Å². The maximum absolute atomic E-state index is 12.9. The van der Waals surface area contributed by atoms with Crippen molar-refractivity contribution >= 4 is 27.3 Å². The van der Waals surface area contributed by atoms with Crippen molar-refractivity contribution in [2.45, 2.75) is 45.6 Å². The van der Waals surface area contributed by atoms with E-state index in [1.165, 1.54) is 34.5 Å². The number of rotatable bonds is 8. The van der Waals surface area contributed by atoms with Gasteiger partial charge in [0, 0.05) is 22.8 Å². The summed E-state index contributed by atoms with van der Waals surface area (Å²) in [7, 11) is -2.21. The maximum Gasteiger partial charge on any atom is 0.255 e. The smallest absolute Gasteiger partial charge is 0.255 e. The van der Waals surface area contributed by atoms with E-state index in [0.29, 0.717) is 18.8 Å². The first-order valence-corrected chi connectivity index (χ1v) is 11.5. The molecule has 1 heterocycles. The van der Waals surface area contributed by atoms with Crippen LogP contribution in [0.15, 0.2) is 29.2 Å². The minimum atomic E-state index is -3.67. The number of nitrogens with one attached hydrogen (secondary N) is 1. The summed E-state index contributed by atoms with van der Waals surface area (Å²) in [4.78, 5) is 15.3. The zero-order valence-electron chi connectivity index (χ0n) is 17.2. The number of sulfonamides is 1. The molecular formula is C20H28N2O4S2. The van der Waals surface area contributed by atoms with E-state index in [-0.39, 0.29) is 22.4 Å². The predicted octanol–water partition coefficient (Wildman–Crippen LogP) is 3.90. The first-order chi connectivity index (χ1) is 13.1. The van der Waals surface area contributed by atoms with Gasteiger partial charge in [0.15, 0.2) is 0 Å². The molecule has 0 radical (unpaired) electrons. The van der Waals surface area contributed by atoms with Gasteiger partial charge in [-0.2, -0.15) is 4.31 Å². The summed E-state index contributed by atoms with van der Waals surface area (Å²) < 4.78 is 32.3. The zero-order valence-corrected chi connectivity index (χ0v) is 18.8. The number of ether oxygens (including phenoxy) is 1. The molecule has 0 bridgehead atoms. The normalized spacial score (nSPS) is 12.8. The van der Waals surface area contributed by atoms with Gasteiger partial charge in [0.2, 0.25) is 10.0 Å². The molecule has 0 saturated carbocycles. The summed E-state index contributed by atoms with van der Waals surface area (Å²) in [5, 5.41) is 2.96. The number of thiophene rings is 1. The third-order valence-electron chi connectivity index (χ3n) is 4.65. The Balaban J connectivity index is 2.38. The van der Waals surface area contributed by atoms with Crippen molar-refractivity contribution < 1.29 is 17.9 Å². The SMILES string of the molecule is CCN(CC)S(=O)(=O)c1ccc(OC)c(C(=O)N[C@H](C)c2cc(C)sc2C)c1. The molecule has 1 amide bonds. The second-order valence-electron chi connectivity index (χ2n) is 6.52. The van der Waals surface area contributed by atoms with Crippen molar-refractivity contribution in [1.29, 1.82) is 0 Å². The van der Waals surface area contributed by atoms with E-state index in [0.717, 1.165) is 10.4 Å². The van der Waals surface area contributed by atoms with Gasteiger partial charge in [0.05, 0.1) is 23.6 Å². The molecule has 2 rings (SSSR count). The Morgan fingerprint density at radius 2 is 1.86 bits per heavy atom. The standard InChI is InChI=1S/C20H28N2O4S2/c1-7-22(8-2)28(24,25)16-9-10-19(26-6)18(12-16)20(23)21-14(4)17-11-13(3)27-15(17)5/h9-12,14H,7-8H2,1-6H3,(H,21,23)/t14-/m1/s1. The number of carbonyl (C=O) groups is 1. The summed E-state index contributed by atoms with van der Waals surface area (Å²) in [5.41, 5.74) is 1.26. The molecule has 2 aromatic rings. The van der Waals surface area contributed by atoms with E-state index >= 15 is 0 Å². The number of aryl methyl sites for hydroxylation is 2. The van der Waals surface area contributed by atoms with Gasteiger partial charge < -0.3 is 10.1 Å². The number of benzene rings is 1. The van der Waals surface area contributed by atoms with E-state index < -0.39 is 10.0 Å². The Hall–Kier alpha value is -1.90. The van der Waals surface area contributed by atoms with Crippen LogP contribution in [0.1, 0.15) is 52.5 Å². The van der Waals surface area contributed by atoms with E-state index in [4.69, 9.17) is 4.74 Å². The maximum atomic E-state index is 12.9. The molecule has 154 valence electrons. The minimum Gasteiger partial charge on any atom is -0.496 e. The van der Waals surface area contributed by atoms with Crippen LogP contribution in [0.25, 0.3) is 0 Å². The predicted molar refractivity (Wildman–Crippen MR) is 113 cm³/mol. The number of amides is 1. The van der Waals surface area contributed by atoms with Crippen molar-refractivity contribution in [2.24, 2.45) is 0 Å². The van der Waals surface area contributed by atoms with Crippen LogP contribution in [-0.2, 0) is 10.0 Å². The highest BCUT2D eigenvalue weighted by Gasteiger charge is 2.25. The largest absolute Gasteiger partial charge is 0.496 e. The number of carbonyl (C=O) groups excluding carboxylic acids is 1. The van der Waals surface area contributed by atoms with Crippen molar-refractivity contribution in [3.8, 4) is 5.75 Å². The highest BCUT2D eigenvalue weighted by Crippen LogP contribution is 2.28. The van der Waals surface area contributed by atoms with Gasteiger partial charge >= 0.3 is 0 Å². The molecule has 0 unspecified atom stereocenters. The van der Waals surface area contributed by atoms with Gasteiger partial charge in [-0.3, -0.25) is 4.79 Å². The van der Waals surface area contributed by atoms with E-state index in [2.05, 4.69) is 11.4 Å². The summed E-state index contributed by atoms with van der Waals surface area (Å²) in [6.45, 7) is 10.2. The topological polar surface area (TPSA) is 75.7 Å². The number of hydrogen-bond donors (Lipinski definition) is 1. The summed E-state index contributed by atoms with van der Waals surface area (Å²) in [5.74, 6) is -0.0365. The summed E-state index contributed by atoms with van der Waals surface area (Å²) in [6, 6.07) is 6.24. The van der Waals surface area contributed by atoms with E-state index in [9.17, 15) is 13.2 Å². The molecule has 0 fully saturated rings. The first kappa shape index (κ1) is 22.4. The number of methoxy groups -OCH3 is 1. The van der Waals surface area contributed by atoms with Gasteiger partial charge in [-0.1, -0.05) is 13.8 Å². The Morgan fingerprint density at radius 1 is 1.21 bits per heavy atom. The number of hydrogen-bond acceptors (Lipinski definition) is 5. The van der Waals surface area contributed by atoms with Crippen molar-refractivity contribution in [2.75, 3.05) is 20.2 Å². The first-order valence-electron chi connectivity index (χ1n) is 9.21. The number of nitrogens with zero attached hydrogens (tertiary/aromatic N) is 1. The van der Waals surface area contributed by atoms with Gasteiger partial charge in [-0.25, -0.2) is 8.42 Å². The average molecular weight is 425 g/mol. The molecule has 0 saturated heterocycles. The lowest BCUT2D eigenvalue weighted by Gasteiger charge is -2.20. The molecule has 0 aliphatic carbocycles. The van der Waals surface area contributed by atoms with Crippen LogP contribution in [0, 0.1) is 13.8 Å². The summed E-state index contributed by atoms with van der Waals surface area (Å²) in [6.07, 6.45) is 0. The molecule has 1 atom stereocenters. The summed E-state index contributed by atoms with van der Waals surface area (Å²) >= 11 is 1.68. The second kappa shape index (κ2) is 9.07. The lowest BCUT2D eigenvalue weighted by atomic mass is 10.1. The van der Waals surface area contributed by atoms with Crippen LogP contribution in [-0.4, -0.2) is 38.8 Å². The van der Waals surface area contributed by atoms with Crippen LogP contribution in [0.2, 0.25) is 0 Å². The lowest BCUT2D eigenvalue weighted by molar-refractivity contribution is 0.0936. The van der Waals surface area contributed by atoms with E-state index in [1.54, 1.807) is 25.2 Å². The Kier molecular flexibility index (Phi) is 7.25. The average Bonchev–Trinajstić information content (AvgIpc) is 3.00. The molecule has 1 aromatic carbocycles. The molecule has 6 nitrogen and oxygen atoms in total. The van der Waals surface area contributed by atoms with Gasteiger partial charge in [0.1, 0.15) is 5.75 Å². The third-order valence-corrected chi connectivity index (χ3v) is 7.68. The molecule has 28 heavy (non-hydrogen) atoms. The molecule has 0 aliphatic rings. The molecule has 0 spiro atoms. The highest BCUT2D eigenvalue weighted by molar-refractivity contribution is 7.89. The van der Waals surface area contributed by atoms with Crippen molar-refractivity contribution in [3.05, 3.63) is 45.1 Å². The minimum absolute atomic E-state index is 0.0809. The third kappa shape index (κ3) is 4.56. The van der Waals surface area contributed by atoms with Crippen LogP contribution in [0.5, 0.6) is 5.75 Å². The van der Waals surface area contributed by atoms with Crippen LogP contribution in [0.4, 0.5) is 0 Å².